The molecule has 0 radical (unpaired) electrons. The van der Waals surface area contributed by atoms with Gasteiger partial charge in [0.2, 0.25) is 0 Å². The molecule has 0 aromatic heterocycles. The Kier molecular flexibility index (Phi) is 3.76. The molecule has 1 aliphatic heterocycles. The zero-order chi connectivity index (χ0) is 14.8. The van der Waals surface area contributed by atoms with Crippen molar-refractivity contribution in [1.29, 1.82) is 0 Å². The lowest BCUT2D eigenvalue weighted by atomic mass is 9.85. The summed E-state index contributed by atoms with van der Waals surface area (Å²) in [6, 6.07) is 18.4. The minimum atomic E-state index is -0.181. The molecular formula is C18H20N2O. The molecule has 0 fully saturated rings. The molecule has 2 aromatic carbocycles. The summed E-state index contributed by atoms with van der Waals surface area (Å²) in [5, 5.41) is 2.01. The van der Waals surface area contributed by atoms with Crippen LogP contribution in [0.2, 0.25) is 0 Å². The number of rotatable bonds is 4. The quantitative estimate of drug-likeness (QED) is 0.934. The number of fused-ring (bicyclic) bond motifs is 1. The van der Waals surface area contributed by atoms with Crippen molar-refractivity contribution in [2.45, 2.75) is 25.3 Å². The highest BCUT2D eigenvalue weighted by Crippen LogP contribution is 2.44. The van der Waals surface area contributed by atoms with Gasteiger partial charge in [0.1, 0.15) is 6.04 Å². The van der Waals surface area contributed by atoms with Crippen LogP contribution in [-0.4, -0.2) is 18.9 Å². The number of para-hydroxylation sites is 1. The van der Waals surface area contributed by atoms with Crippen LogP contribution in [-0.2, 0) is 4.79 Å². The van der Waals surface area contributed by atoms with E-state index >= 15 is 0 Å². The van der Waals surface area contributed by atoms with E-state index in [-0.39, 0.29) is 17.7 Å². The van der Waals surface area contributed by atoms with Crippen LogP contribution in [0.25, 0.3) is 0 Å². The highest BCUT2D eigenvalue weighted by Gasteiger charge is 2.42. The number of anilines is 1. The van der Waals surface area contributed by atoms with E-state index in [1.54, 1.807) is 0 Å². The van der Waals surface area contributed by atoms with E-state index in [0.29, 0.717) is 6.42 Å². The number of hydrazine groups is 1. The van der Waals surface area contributed by atoms with Gasteiger partial charge in [0.25, 0.3) is 0 Å². The van der Waals surface area contributed by atoms with Crippen molar-refractivity contribution in [3.8, 4) is 0 Å². The third-order valence-electron chi connectivity index (χ3n) is 4.20. The first-order chi connectivity index (χ1) is 10.3. The first-order valence-electron chi connectivity index (χ1n) is 7.41. The SMILES string of the molecule is CCC(=O)C1C(c2ccccc2)c2ccccc2N1NC. The van der Waals surface area contributed by atoms with Gasteiger partial charge in [-0.1, -0.05) is 55.5 Å². The maximum Gasteiger partial charge on any atom is 0.157 e. The number of hydrogen-bond donors (Lipinski definition) is 1. The largest absolute Gasteiger partial charge is 0.297 e. The van der Waals surface area contributed by atoms with Crippen LogP contribution in [0, 0.1) is 0 Å². The zero-order valence-electron chi connectivity index (χ0n) is 12.4. The van der Waals surface area contributed by atoms with Crippen LogP contribution < -0.4 is 10.4 Å². The fourth-order valence-corrected chi connectivity index (χ4v) is 3.26. The fourth-order valence-electron chi connectivity index (χ4n) is 3.26. The van der Waals surface area contributed by atoms with Crippen LogP contribution in [0.3, 0.4) is 0 Å². The van der Waals surface area contributed by atoms with Crippen molar-refractivity contribution in [2.24, 2.45) is 0 Å². The highest BCUT2D eigenvalue weighted by atomic mass is 16.1. The molecule has 0 saturated heterocycles. The standard InChI is InChI=1S/C18H20N2O/c1-3-16(21)18-17(13-9-5-4-6-10-13)14-11-7-8-12-15(14)20(18)19-2/h4-12,17-19H,3H2,1-2H3. The molecule has 21 heavy (non-hydrogen) atoms. The summed E-state index contributed by atoms with van der Waals surface area (Å²) in [6.45, 7) is 1.93. The number of benzene rings is 2. The maximum atomic E-state index is 12.6. The topological polar surface area (TPSA) is 32.3 Å². The molecule has 3 heteroatoms. The van der Waals surface area contributed by atoms with Crippen molar-refractivity contribution in [3.05, 3.63) is 65.7 Å². The second-order valence-corrected chi connectivity index (χ2v) is 5.31. The number of carbonyl (C=O) groups excluding carboxylic acids is 1. The van der Waals surface area contributed by atoms with E-state index < -0.39 is 0 Å². The normalized spacial score (nSPS) is 20.4. The minimum Gasteiger partial charge on any atom is -0.297 e. The summed E-state index contributed by atoms with van der Waals surface area (Å²) < 4.78 is 0. The molecular weight excluding hydrogens is 260 g/mol. The number of carbonyl (C=O) groups is 1. The molecule has 0 amide bonds. The average Bonchev–Trinajstić information content (AvgIpc) is 2.89. The first kappa shape index (κ1) is 13.8. The Morgan fingerprint density at radius 2 is 1.76 bits per heavy atom. The van der Waals surface area contributed by atoms with E-state index in [9.17, 15) is 4.79 Å². The van der Waals surface area contributed by atoms with Crippen molar-refractivity contribution in [1.82, 2.24) is 5.43 Å². The van der Waals surface area contributed by atoms with Gasteiger partial charge in [0.15, 0.2) is 5.78 Å². The summed E-state index contributed by atoms with van der Waals surface area (Å²) in [5.41, 5.74) is 6.70. The molecule has 2 unspecified atom stereocenters. The van der Waals surface area contributed by atoms with Crippen LogP contribution in [0.4, 0.5) is 5.69 Å². The smallest absolute Gasteiger partial charge is 0.157 e. The second kappa shape index (κ2) is 5.70. The molecule has 1 aliphatic rings. The zero-order valence-corrected chi connectivity index (χ0v) is 12.4. The molecule has 0 saturated carbocycles. The Balaban J connectivity index is 2.16. The van der Waals surface area contributed by atoms with E-state index in [2.05, 4.69) is 29.7 Å². The van der Waals surface area contributed by atoms with Gasteiger partial charge >= 0.3 is 0 Å². The average molecular weight is 280 g/mol. The number of hydrogen-bond acceptors (Lipinski definition) is 3. The number of nitrogens with one attached hydrogen (secondary N) is 1. The van der Waals surface area contributed by atoms with Gasteiger partial charge in [-0.3, -0.25) is 9.80 Å². The molecule has 0 spiro atoms. The summed E-state index contributed by atoms with van der Waals surface area (Å²) in [7, 11) is 1.88. The summed E-state index contributed by atoms with van der Waals surface area (Å²) in [4.78, 5) is 12.6. The van der Waals surface area contributed by atoms with Crippen LogP contribution in [0.5, 0.6) is 0 Å². The van der Waals surface area contributed by atoms with E-state index in [1.165, 1.54) is 11.1 Å². The summed E-state index contributed by atoms with van der Waals surface area (Å²) in [6.07, 6.45) is 0.542. The Hall–Kier alpha value is -2.13. The molecule has 108 valence electrons. The van der Waals surface area contributed by atoms with Gasteiger partial charge in [-0.05, 0) is 17.2 Å². The first-order valence-corrected chi connectivity index (χ1v) is 7.41. The lowest BCUT2D eigenvalue weighted by Crippen LogP contribution is -2.47. The van der Waals surface area contributed by atoms with Crippen molar-refractivity contribution < 1.29 is 4.79 Å². The van der Waals surface area contributed by atoms with Gasteiger partial charge in [-0.15, -0.1) is 0 Å². The van der Waals surface area contributed by atoms with E-state index in [4.69, 9.17) is 0 Å². The molecule has 2 aromatic rings. The molecule has 0 bridgehead atoms. The van der Waals surface area contributed by atoms with Gasteiger partial charge in [-0.2, -0.15) is 0 Å². The molecule has 3 nitrogen and oxygen atoms in total. The van der Waals surface area contributed by atoms with E-state index in [1.807, 2.05) is 49.3 Å². The van der Waals surface area contributed by atoms with E-state index in [0.717, 1.165) is 5.69 Å². The Labute approximate surface area is 125 Å². The molecule has 2 atom stereocenters. The molecule has 1 N–H and O–H groups in total. The van der Waals surface area contributed by atoms with Crippen LogP contribution >= 0.6 is 0 Å². The van der Waals surface area contributed by atoms with Crippen LogP contribution in [0.1, 0.15) is 30.4 Å². The van der Waals surface area contributed by atoms with Gasteiger partial charge < -0.3 is 0 Å². The fraction of sp³-hybridized carbons (Fsp3) is 0.278. The van der Waals surface area contributed by atoms with Gasteiger partial charge in [0, 0.05) is 19.4 Å². The van der Waals surface area contributed by atoms with Crippen molar-refractivity contribution in [2.75, 3.05) is 12.1 Å². The second-order valence-electron chi connectivity index (χ2n) is 5.31. The third-order valence-corrected chi connectivity index (χ3v) is 4.20. The number of ketones is 1. The monoisotopic (exact) mass is 280 g/mol. The molecule has 3 rings (SSSR count). The predicted octanol–water partition coefficient (Wildman–Crippen LogP) is 3.12. The lowest BCUT2D eigenvalue weighted by Gasteiger charge is -2.28. The lowest BCUT2D eigenvalue weighted by molar-refractivity contribution is -0.120. The van der Waals surface area contributed by atoms with Crippen molar-refractivity contribution >= 4 is 11.5 Å². The molecule has 0 aliphatic carbocycles. The third kappa shape index (κ3) is 2.24. The maximum absolute atomic E-state index is 12.6. The Morgan fingerprint density at radius 1 is 1.10 bits per heavy atom. The predicted molar refractivity (Wildman–Crippen MR) is 85.4 cm³/mol. The molecule has 1 heterocycles. The highest BCUT2D eigenvalue weighted by molar-refractivity contribution is 5.91. The van der Waals surface area contributed by atoms with Crippen molar-refractivity contribution in [3.63, 3.8) is 0 Å². The Bertz CT molecular complexity index is 639. The summed E-state index contributed by atoms with van der Waals surface area (Å²) in [5.74, 6) is 0.344. The van der Waals surface area contributed by atoms with Crippen LogP contribution in [0.15, 0.2) is 54.6 Å². The Morgan fingerprint density at radius 3 is 2.43 bits per heavy atom. The summed E-state index contributed by atoms with van der Waals surface area (Å²) >= 11 is 0. The number of nitrogens with zero attached hydrogens (tertiary/aromatic N) is 1. The minimum absolute atomic E-state index is 0.0855. The van der Waals surface area contributed by atoms with Gasteiger partial charge in [-0.25, -0.2) is 5.43 Å². The van der Waals surface area contributed by atoms with Gasteiger partial charge in [0.05, 0.1) is 5.69 Å². The number of Topliss-reactive ketones (excluding diaryl/α,β-unsaturated/α-hetero) is 1.